The zero-order valence-corrected chi connectivity index (χ0v) is 16.6. The van der Waals surface area contributed by atoms with Gasteiger partial charge in [-0.3, -0.25) is 4.79 Å². The Morgan fingerprint density at radius 1 is 1.08 bits per heavy atom. The summed E-state index contributed by atoms with van der Waals surface area (Å²) in [6.45, 7) is 12.8. The second-order valence-corrected chi connectivity index (χ2v) is 7.75. The second kappa shape index (κ2) is 7.42. The van der Waals surface area contributed by atoms with E-state index >= 15 is 0 Å². The number of carbonyl (C=O) groups excluding carboxylic acids is 1. The molecule has 0 spiro atoms. The van der Waals surface area contributed by atoms with E-state index in [0.717, 1.165) is 31.6 Å². The average Bonchev–Trinajstić information content (AvgIpc) is 3.01. The molecule has 0 aromatic rings. The third-order valence-corrected chi connectivity index (χ3v) is 6.74. The molecule has 2 fully saturated rings. The largest absolute Gasteiger partial charge is 0.299 e. The smallest absolute Gasteiger partial charge is 0.136 e. The molecule has 2 saturated carbocycles. The van der Waals surface area contributed by atoms with Gasteiger partial charge in [-0.1, -0.05) is 77.0 Å². The van der Waals surface area contributed by atoms with Gasteiger partial charge in [-0.2, -0.15) is 0 Å². The number of hydrogen-bond acceptors (Lipinski definition) is 1. The van der Waals surface area contributed by atoms with Crippen LogP contribution in [0.25, 0.3) is 0 Å². The van der Waals surface area contributed by atoms with E-state index in [-0.39, 0.29) is 0 Å². The molecule has 3 unspecified atom stereocenters. The molecular formula is C23H36O. The number of hydrogen-bond donors (Lipinski definition) is 0. The van der Waals surface area contributed by atoms with Gasteiger partial charge in [-0.15, -0.1) is 0 Å². The normalized spacial score (nSPS) is 39.0. The van der Waals surface area contributed by atoms with Gasteiger partial charge in [0.15, 0.2) is 0 Å². The molecular weight excluding hydrogens is 292 g/mol. The number of allylic oxidation sites excluding steroid dienone is 6. The first-order chi connectivity index (χ1) is 11.5. The lowest BCUT2D eigenvalue weighted by Crippen LogP contribution is -2.46. The lowest BCUT2D eigenvalue weighted by molar-refractivity contribution is -0.121. The van der Waals surface area contributed by atoms with Crippen molar-refractivity contribution < 1.29 is 4.79 Å². The monoisotopic (exact) mass is 328 g/mol. The maximum absolute atomic E-state index is 11.8. The fourth-order valence-electron chi connectivity index (χ4n) is 5.41. The van der Waals surface area contributed by atoms with Crippen molar-refractivity contribution in [3.05, 3.63) is 35.5 Å². The SMILES string of the molecule is CC.CC.CC12C=CC=C1C1CC=C3CC(=O)CCC3(C)[C@H]1CC2. The van der Waals surface area contributed by atoms with E-state index in [1.165, 1.54) is 18.4 Å². The van der Waals surface area contributed by atoms with Crippen LogP contribution in [0.5, 0.6) is 0 Å². The van der Waals surface area contributed by atoms with Crippen molar-refractivity contribution in [3.8, 4) is 0 Å². The molecule has 4 rings (SSSR count). The highest BCUT2D eigenvalue weighted by atomic mass is 16.1. The summed E-state index contributed by atoms with van der Waals surface area (Å²) < 4.78 is 0. The molecule has 4 aliphatic carbocycles. The Hall–Kier alpha value is -1.11. The molecule has 1 heteroatoms. The summed E-state index contributed by atoms with van der Waals surface area (Å²) in [6, 6.07) is 0. The predicted octanol–water partition coefficient (Wildman–Crippen LogP) is 6.66. The molecule has 0 N–H and O–H groups in total. The van der Waals surface area contributed by atoms with Crippen LogP contribution in [0.3, 0.4) is 0 Å². The fraction of sp³-hybridized carbons (Fsp3) is 0.696. The Bertz CT molecular complexity index is 565. The summed E-state index contributed by atoms with van der Waals surface area (Å²) in [6.07, 6.45) is 15.9. The number of Topliss-reactive ketones (excluding diaryl/α,β-unsaturated/α-hetero) is 1. The first kappa shape index (κ1) is 19.2. The Morgan fingerprint density at radius 3 is 2.50 bits per heavy atom. The van der Waals surface area contributed by atoms with Crippen molar-refractivity contribution in [1.29, 1.82) is 0 Å². The first-order valence-corrected chi connectivity index (χ1v) is 10.1. The minimum absolute atomic E-state index is 0.293. The minimum atomic E-state index is 0.293. The molecule has 0 aromatic heterocycles. The summed E-state index contributed by atoms with van der Waals surface area (Å²) in [7, 11) is 0. The topological polar surface area (TPSA) is 17.1 Å². The van der Waals surface area contributed by atoms with Crippen LogP contribution in [0, 0.1) is 22.7 Å². The second-order valence-electron chi connectivity index (χ2n) is 7.75. The molecule has 4 aliphatic rings. The summed E-state index contributed by atoms with van der Waals surface area (Å²) in [5.74, 6) is 1.93. The quantitative estimate of drug-likeness (QED) is 0.454. The number of rotatable bonds is 0. The van der Waals surface area contributed by atoms with Gasteiger partial charge < -0.3 is 0 Å². The molecule has 4 atom stereocenters. The van der Waals surface area contributed by atoms with Crippen LogP contribution >= 0.6 is 0 Å². The number of carbonyl (C=O) groups is 1. The summed E-state index contributed by atoms with van der Waals surface area (Å²) >= 11 is 0. The third kappa shape index (κ3) is 2.95. The Morgan fingerprint density at radius 2 is 1.79 bits per heavy atom. The Balaban J connectivity index is 0.000000487. The molecule has 0 bridgehead atoms. The summed E-state index contributed by atoms with van der Waals surface area (Å²) in [4.78, 5) is 11.8. The van der Waals surface area contributed by atoms with Crippen LogP contribution < -0.4 is 0 Å². The molecule has 0 saturated heterocycles. The van der Waals surface area contributed by atoms with Gasteiger partial charge in [0.05, 0.1) is 0 Å². The van der Waals surface area contributed by atoms with Crippen molar-refractivity contribution in [2.75, 3.05) is 0 Å². The first-order valence-electron chi connectivity index (χ1n) is 10.1. The van der Waals surface area contributed by atoms with Crippen molar-refractivity contribution >= 4 is 5.78 Å². The maximum Gasteiger partial charge on any atom is 0.136 e. The highest BCUT2D eigenvalue weighted by Gasteiger charge is 2.52. The van der Waals surface area contributed by atoms with E-state index < -0.39 is 0 Å². The minimum Gasteiger partial charge on any atom is -0.299 e. The van der Waals surface area contributed by atoms with Crippen molar-refractivity contribution in [1.82, 2.24) is 0 Å². The molecule has 1 nitrogen and oxygen atoms in total. The third-order valence-electron chi connectivity index (χ3n) is 6.74. The number of ketones is 1. The van der Waals surface area contributed by atoms with Crippen LogP contribution in [0.1, 0.15) is 80.1 Å². The molecule has 0 heterocycles. The fourth-order valence-corrected chi connectivity index (χ4v) is 5.41. The zero-order valence-electron chi connectivity index (χ0n) is 16.6. The highest BCUT2D eigenvalue weighted by Crippen LogP contribution is 2.61. The summed E-state index contributed by atoms with van der Waals surface area (Å²) in [5, 5.41) is 0. The van der Waals surface area contributed by atoms with Crippen LogP contribution in [-0.2, 0) is 4.79 Å². The molecule has 0 amide bonds. The maximum atomic E-state index is 11.8. The number of fused-ring (bicyclic) bond motifs is 5. The van der Waals surface area contributed by atoms with Gasteiger partial charge in [0.2, 0.25) is 0 Å². The van der Waals surface area contributed by atoms with Gasteiger partial charge in [0.1, 0.15) is 5.78 Å². The van der Waals surface area contributed by atoms with Crippen LogP contribution in [-0.4, -0.2) is 5.78 Å². The Labute approximate surface area is 149 Å². The van der Waals surface area contributed by atoms with Crippen LogP contribution in [0.15, 0.2) is 35.5 Å². The van der Waals surface area contributed by atoms with Crippen LogP contribution in [0.4, 0.5) is 0 Å². The molecule has 134 valence electrons. The summed E-state index contributed by atoms with van der Waals surface area (Å²) in [5.41, 5.74) is 3.75. The van der Waals surface area contributed by atoms with E-state index in [2.05, 4.69) is 38.2 Å². The lowest BCUT2D eigenvalue weighted by atomic mass is 9.50. The van der Waals surface area contributed by atoms with Crippen molar-refractivity contribution in [2.24, 2.45) is 22.7 Å². The predicted molar refractivity (Wildman–Crippen MR) is 104 cm³/mol. The molecule has 0 radical (unpaired) electrons. The molecule has 0 aliphatic heterocycles. The Kier molecular flexibility index (Phi) is 5.94. The zero-order chi connectivity index (χ0) is 18.0. The van der Waals surface area contributed by atoms with E-state index in [4.69, 9.17) is 0 Å². The molecule has 0 aromatic carbocycles. The van der Waals surface area contributed by atoms with Gasteiger partial charge >= 0.3 is 0 Å². The van der Waals surface area contributed by atoms with Crippen molar-refractivity contribution in [3.63, 3.8) is 0 Å². The molecule has 24 heavy (non-hydrogen) atoms. The lowest BCUT2D eigenvalue weighted by Gasteiger charge is -2.54. The van der Waals surface area contributed by atoms with Crippen molar-refractivity contribution in [2.45, 2.75) is 80.1 Å². The van der Waals surface area contributed by atoms with Gasteiger partial charge in [0.25, 0.3) is 0 Å². The van der Waals surface area contributed by atoms with Gasteiger partial charge in [-0.05, 0) is 42.9 Å². The van der Waals surface area contributed by atoms with E-state index in [1.807, 2.05) is 27.7 Å². The van der Waals surface area contributed by atoms with E-state index in [0.29, 0.717) is 22.5 Å². The van der Waals surface area contributed by atoms with E-state index in [1.54, 1.807) is 5.57 Å². The average molecular weight is 329 g/mol. The van der Waals surface area contributed by atoms with Gasteiger partial charge in [0, 0.05) is 18.3 Å². The highest BCUT2D eigenvalue weighted by molar-refractivity contribution is 5.82. The standard InChI is InChI=1S/C19H24O.2C2H6/c1-18-9-3-4-16(18)15-6-5-13-12-14(20)7-11-19(13,2)17(15)8-10-18;2*1-2/h3-5,9,15,17H,6-8,10-12H2,1-2H3;2*1-2H3/t15?,17-,18?,19?;;/m0../s1. The van der Waals surface area contributed by atoms with E-state index in [9.17, 15) is 4.79 Å². The van der Waals surface area contributed by atoms with Crippen LogP contribution in [0.2, 0.25) is 0 Å². The van der Waals surface area contributed by atoms with Gasteiger partial charge in [-0.25, -0.2) is 0 Å².